The van der Waals surface area contributed by atoms with E-state index in [-0.39, 0.29) is 11.9 Å². The van der Waals surface area contributed by atoms with Crippen molar-refractivity contribution in [2.45, 2.75) is 12.5 Å². The van der Waals surface area contributed by atoms with E-state index in [2.05, 4.69) is 27.3 Å². The molecule has 0 radical (unpaired) electrons. The van der Waals surface area contributed by atoms with Crippen molar-refractivity contribution in [1.29, 1.82) is 0 Å². The summed E-state index contributed by atoms with van der Waals surface area (Å²) in [4.78, 5) is 19.1. The molecule has 0 fully saturated rings. The van der Waals surface area contributed by atoms with Crippen LogP contribution in [-0.4, -0.2) is 36.4 Å². The van der Waals surface area contributed by atoms with Crippen molar-refractivity contribution in [2.24, 2.45) is 0 Å². The first-order chi connectivity index (χ1) is 12.6. The zero-order valence-corrected chi connectivity index (χ0v) is 15.9. The molecule has 26 heavy (non-hydrogen) atoms. The molecule has 0 unspecified atom stereocenters. The first-order valence-corrected chi connectivity index (χ1v) is 9.49. The average Bonchev–Trinajstić information content (AvgIpc) is 3.11. The molecule has 1 N–H and O–H groups in total. The Morgan fingerprint density at radius 3 is 2.38 bits per heavy atom. The van der Waals surface area contributed by atoms with Crippen LogP contribution in [0.2, 0.25) is 0 Å². The molecule has 134 valence electrons. The van der Waals surface area contributed by atoms with E-state index >= 15 is 0 Å². The van der Waals surface area contributed by atoms with Gasteiger partial charge in [0.05, 0.1) is 18.2 Å². The van der Waals surface area contributed by atoms with Crippen LogP contribution in [0.15, 0.2) is 66.0 Å². The number of thiazole rings is 1. The maximum Gasteiger partial charge on any atom is 0.226 e. The van der Waals surface area contributed by atoms with Crippen LogP contribution in [0.5, 0.6) is 0 Å². The Morgan fingerprint density at radius 2 is 1.73 bits per heavy atom. The number of aromatic nitrogens is 1. The van der Waals surface area contributed by atoms with E-state index in [0.29, 0.717) is 13.0 Å². The average molecular weight is 366 g/mol. The standard InChI is InChI=1S/C21H23N3OS/c1-24(2)19(16-9-5-3-6-10-16)14-22-20(25)13-18-15-26-21(23-18)17-11-7-4-8-12-17/h3-12,15,19H,13-14H2,1-2H3,(H,22,25)/t19-/m1/s1. The van der Waals surface area contributed by atoms with Crippen molar-refractivity contribution in [3.8, 4) is 10.6 Å². The Hall–Kier alpha value is -2.50. The number of benzene rings is 2. The summed E-state index contributed by atoms with van der Waals surface area (Å²) >= 11 is 1.57. The molecule has 0 aliphatic carbocycles. The molecule has 1 aromatic heterocycles. The second kappa shape index (κ2) is 8.74. The maximum absolute atomic E-state index is 12.4. The summed E-state index contributed by atoms with van der Waals surface area (Å²) in [6.07, 6.45) is 0.304. The van der Waals surface area contributed by atoms with Crippen LogP contribution >= 0.6 is 11.3 Å². The molecular weight excluding hydrogens is 342 g/mol. The number of amides is 1. The van der Waals surface area contributed by atoms with Gasteiger partial charge in [0.25, 0.3) is 0 Å². The summed E-state index contributed by atoms with van der Waals surface area (Å²) in [5, 5.41) is 5.95. The van der Waals surface area contributed by atoms with E-state index in [1.54, 1.807) is 11.3 Å². The first-order valence-electron chi connectivity index (χ1n) is 8.61. The van der Waals surface area contributed by atoms with E-state index in [4.69, 9.17) is 0 Å². The van der Waals surface area contributed by atoms with Gasteiger partial charge in [0, 0.05) is 17.5 Å². The molecule has 0 bridgehead atoms. The summed E-state index contributed by atoms with van der Waals surface area (Å²) < 4.78 is 0. The van der Waals surface area contributed by atoms with Crippen molar-refractivity contribution in [3.05, 3.63) is 77.3 Å². The van der Waals surface area contributed by atoms with Crippen molar-refractivity contribution >= 4 is 17.2 Å². The number of nitrogens with zero attached hydrogens (tertiary/aromatic N) is 2. The predicted octanol–water partition coefficient (Wildman–Crippen LogP) is 3.77. The Kier molecular flexibility index (Phi) is 6.15. The van der Waals surface area contributed by atoms with Crippen molar-refractivity contribution in [3.63, 3.8) is 0 Å². The lowest BCUT2D eigenvalue weighted by molar-refractivity contribution is -0.120. The molecule has 1 heterocycles. The maximum atomic E-state index is 12.4. The van der Waals surface area contributed by atoms with Gasteiger partial charge in [-0.2, -0.15) is 0 Å². The van der Waals surface area contributed by atoms with Crippen LogP contribution in [0.4, 0.5) is 0 Å². The summed E-state index contributed by atoms with van der Waals surface area (Å²) in [6.45, 7) is 0.575. The molecule has 1 atom stereocenters. The molecule has 0 saturated heterocycles. The predicted molar refractivity (Wildman–Crippen MR) is 107 cm³/mol. The third-order valence-electron chi connectivity index (χ3n) is 4.21. The van der Waals surface area contributed by atoms with Crippen molar-refractivity contribution in [2.75, 3.05) is 20.6 Å². The number of carbonyl (C=O) groups excluding carboxylic acids is 1. The lowest BCUT2D eigenvalue weighted by Gasteiger charge is -2.25. The van der Waals surface area contributed by atoms with Gasteiger partial charge in [-0.05, 0) is 19.7 Å². The molecule has 5 heteroatoms. The number of nitrogens with one attached hydrogen (secondary N) is 1. The SMILES string of the molecule is CN(C)[C@H](CNC(=O)Cc1csc(-c2ccccc2)n1)c1ccccc1. The monoisotopic (exact) mass is 365 g/mol. The van der Waals surface area contributed by atoms with E-state index in [0.717, 1.165) is 16.3 Å². The zero-order chi connectivity index (χ0) is 18.4. The fraction of sp³-hybridized carbons (Fsp3) is 0.238. The fourth-order valence-corrected chi connectivity index (χ4v) is 3.64. The molecule has 2 aromatic carbocycles. The largest absolute Gasteiger partial charge is 0.354 e. The van der Waals surface area contributed by atoms with Gasteiger partial charge in [0.15, 0.2) is 0 Å². The van der Waals surface area contributed by atoms with Gasteiger partial charge in [-0.1, -0.05) is 60.7 Å². The third kappa shape index (κ3) is 4.77. The lowest BCUT2D eigenvalue weighted by Crippen LogP contribution is -2.35. The highest BCUT2D eigenvalue weighted by Crippen LogP contribution is 2.23. The Bertz CT molecular complexity index is 831. The van der Waals surface area contributed by atoms with Gasteiger partial charge in [0.1, 0.15) is 5.01 Å². The number of hydrogen-bond donors (Lipinski definition) is 1. The minimum atomic E-state index is -0.00214. The van der Waals surface area contributed by atoms with E-state index in [1.165, 1.54) is 5.56 Å². The van der Waals surface area contributed by atoms with Crippen LogP contribution in [0, 0.1) is 0 Å². The Labute approximate surface area is 158 Å². The topological polar surface area (TPSA) is 45.2 Å². The van der Waals surface area contributed by atoms with Crippen LogP contribution < -0.4 is 5.32 Å². The molecule has 4 nitrogen and oxygen atoms in total. The highest BCUT2D eigenvalue weighted by Gasteiger charge is 2.15. The van der Waals surface area contributed by atoms with Gasteiger partial charge in [0.2, 0.25) is 5.91 Å². The van der Waals surface area contributed by atoms with E-state index in [9.17, 15) is 4.79 Å². The fourth-order valence-electron chi connectivity index (χ4n) is 2.81. The van der Waals surface area contributed by atoms with Gasteiger partial charge in [-0.25, -0.2) is 4.98 Å². The van der Waals surface area contributed by atoms with Gasteiger partial charge >= 0.3 is 0 Å². The Balaban J connectivity index is 1.58. The second-order valence-corrected chi connectivity index (χ2v) is 7.24. The summed E-state index contributed by atoms with van der Waals surface area (Å²) in [5.41, 5.74) is 3.09. The quantitative estimate of drug-likeness (QED) is 0.693. The van der Waals surface area contributed by atoms with Crippen LogP contribution in [0.25, 0.3) is 10.6 Å². The van der Waals surface area contributed by atoms with Gasteiger partial charge < -0.3 is 10.2 Å². The molecule has 3 aromatic rings. The summed E-state index contributed by atoms with van der Waals surface area (Å²) in [5.74, 6) is -0.00214. The van der Waals surface area contributed by atoms with Crippen LogP contribution in [0.1, 0.15) is 17.3 Å². The molecule has 3 rings (SSSR count). The molecule has 0 saturated carbocycles. The molecule has 0 aliphatic rings. The zero-order valence-electron chi connectivity index (χ0n) is 15.1. The van der Waals surface area contributed by atoms with Gasteiger partial charge in [-0.15, -0.1) is 11.3 Å². The summed E-state index contributed by atoms with van der Waals surface area (Å²) in [6, 6.07) is 20.4. The van der Waals surface area contributed by atoms with Crippen molar-refractivity contribution < 1.29 is 4.79 Å². The number of carbonyl (C=O) groups is 1. The minimum absolute atomic E-state index is 0.00214. The first kappa shape index (κ1) is 18.3. The number of rotatable bonds is 7. The van der Waals surface area contributed by atoms with Crippen LogP contribution in [0.3, 0.4) is 0 Å². The second-order valence-electron chi connectivity index (χ2n) is 6.38. The Morgan fingerprint density at radius 1 is 1.08 bits per heavy atom. The molecular formula is C21H23N3OS. The smallest absolute Gasteiger partial charge is 0.226 e. The minimum Gasteiger partial charge on any atom is -0.354 e. The normalized spacial score (nSPS) is 12.1. The van der Waals surface area contributed by atoms with Crippen molar-refractivity contribution in [1.82, 2.24) is 15.2 Å². The highest BCUT2D eigenvalue weighted by molar-refractivity contribution is 7.13. The highest BCUT2D eigenvalue weighted by atomic mass is 32.1. The molecule has 1 amide bonds. The lowest BCUT2D eigenvalue weighted by atomic mass is 10.1. The van der Waals surface area contributed by atoms with Gasteiger partial charge in [-0.3, -0.25) is 4.79 Å². The van der Waals surface area contributed by atoms with Crippen LogP contribution in [-0.2, 0) is 11.2 Å². The summed E-state index contributed by atoms with van der Waals surface area (Å²) in [7, 11) is 4.05. The number of hydrogen-bond acceptors (Lipinski definition) is 4. The third-order valence-corrected chi connectivity index (χ3v) is 5.15. The van der Waals surface area contributed by atoms with E-state index in [1.807, 2.05) is 68.0 Å². The number of likely N-dealkylation sites (N-methyl/N-ethyl adjacent to an activating group) is 1. The molecule has 0 aliphatic heterocycles. The van der Waals surface area contributed by atoms with E-state index < -0.39 is 0 Å². The molecule has 0 spiro atoms.